The van der Waals surface area contributed by atoms with Crippen LogP contribution in [-0.2, 0) is 9.53 Å². The zero-order chi connectivity index (χ0) is 27.0. The number of carbonyl (C=O) groups is 2. The van der Waals surface area contributed by atoms with Gasteiger partial charge >= 0.3 is 11.9 Å². The van der Waals surface area contributed by atoms with Gasteiger partial charge < -0.3 is 9.47 Å². The molecule has 0 bridgehead atoms. The van der Waals surface area contributed by atoms with Crippen LogP contribution in [0.3, 0.4) is 0 Å². The molecule has 1 aromatic carbocycles. The molecule has 38 heavy (non-hydrogen) atoms. The molecule has 1 aromatic heterocycles. The van der Waals surface area contributed by atoms with Crippen molar-refractivity contribution in [2.45, 2.75) is 97.3 Å². The Hall–Kier alpha value is -3.13. The van der Waals surface area contributed by atoms with Gasteiger partial charge in [0, 0.05) is 11.8 Å². The van der Waals surface area contributed by atoms with Crippen LogP contribution < -0.4 is 4.74 Å². The molecule has 1 saturated carbocycles. The molecule has 1 heterocycles. The molecule has 204 valence electrons. The van der Waals surface area contributed by atoms with E-state index in [9.17, 15) is 9.59 Å². The fraction of sp³-hybridized carbons (Fsp3) is 0.545. The Balaban J connectivity index is 1.41. The fourth-order valence-corrected chi connectivity index (χ4v) is 4.85. The van der Waals surface area contributed by atoms with Gasteiger partial charge in [-0.2, -0.15) is 0 Å². The van der Waals surface area contributed by atoms with Gasteiger partial charge in [-0.3, -0.25) is 4.79 Å². The van der Waals surface area contributed by atoms with E-state index in [0.29, 0.717) is 23.6 Å². The lowest BCUT2D eigenvalue weighted by atomic mass is 9.80. The second-order valence-electron chi connectivity index (χ2n) is 10.4. The van der Waals surface area contributed by atoms with Gasteiger partial charge in [0.25, 0.3) is 0 Å². The first-order chi connectivity index (χ1) is 18.6. The molecule has 0 N–H and O–H groups in total. The van der Waals surface area contributed by atoms with E-state index in [2.05, 4.69) is 30.7 Å². The van der Waals surface area contributed by atoms with Gasteiger partial charge in [-0.15, -0.1) is 0 Å². The van der Waals surface area contributed by atoms with Gasteiger partial charge in [0.2, 0.25) is 0 Å². The van der Waals surface area contributed by atoms with Gasteiger partial charge in [0.15, 0.2) is 0 Å². The Kier molecular flexibility index (Phi) is 12.9. The Morgan fingerprint density at radius 2 is 1.55 bits per heavy atom. The Bertz CT molecular complexity index is 1040. The zero-order valence-electron chi connectivity index (χ0n) is 23.2. The SMILES string of the molecule is CCCCCCCOC(=O)c1ccc(C#Cc2ccc(OC(=O)C3CCC(CCCCC)CC3)cc2)nc1. The summed E-state index contributed by atoms with van der Waals surface area (Å²) in [7, 11) is 0. The number of esters is 2. The van der Waals surface area contributed by atoms with Crippen LogP contribution >= 0.6 is 0 Å². The van der Waals surface area contributed by atoms with Crippen molar-refractivity contribution < 1.29 is 19.1 Å². The lowest BCUT2D eigenvalue weighted by molar-refractivity contribution is -0.140. The standard InChI is InChI=1S/C33H43NO4/c1-3-5-7-8-10-24-37-32(35)29-19-21-30(34-25-29)20-14-27-15-22-31(23-16-27)38-33(36)28-17-12-26(13-18-28)11-9-6-4-2/h15-16,19,21-23,25-26,28H,3-13,17-18,24H2,1-2H3. The molecule has 5 nitrogen and oxygen atoms in total. The van der Waals surface area contributed by atoms with E-state index in [1.54, 1.807) is 24.3 Å². The number of aromatic nitrogens is 1. The second kappa shape index (κ2) is 16.7. The number of nitrogens with zero attached hydrogens (tertiary/aromatic N) is 1. The quantitative estimate of drug-likeness (QED) is 0.117. The van der Waals surface area contributed by atoms with E-state index in [0.717, 1.165) is 50.0 Å². The lowest BCUT2D eigenvalue weighted by Crippen LogP contribution is -2.25. The van der Waals surface area contributed by atoms with E-state index in [1.807, 2.05) is 12.1 Å². The van der Waals surface area contributed by atoms with E-state index in [-0.39, 0.29) is 17.9 Å². The predicted molar refractivity (Wildman–Crippen MR) is 151 cm³/mol. The Morgan fingerprint density at radius 1 is 0.842 bits per heavy atom. The molecule has 1 fully saturated rings. The number of hydrogen-bond acceptors (Lipinski definition) is 5. The first kappa shape index (κ1) is 29.4. The maximum absolute atomic E-state index is 12.6. The summed E-state index contributed by atoms with van der Waals surface area (Å²) in [5.41, 5.74) is 1.80. The average molecular weight is 518 g/mol. The highest BCUT2D eigenvalue weighted by molar-refractivity contribution is 5.89. The van der Waals surface area contributed by atoms with Crippen molar-refractivity contribution in [1.82, 2.24) is 4.98 Å². The highest BCUT2D eigenvalue weighted by atomic mass is 16.5. The molecule has 0 unspecified atom stereocenters. The highest BCUT2D eigenvalue weighted by Gasteiger charge is 2.27. The summed E-state index contributed by atoms with van der Waals surface area (Å²) in [5, 5.41) is 0. The van der Waals surface area contributed by atoms with Crippen molar-refractivity contribution in [1.29, 1.82) is 0 Å². The van der Waals surface area contributed by atoms with Crippen LogP contribution in [0.2, 0.25) is 0 Å². The molecule has 0 radical (unpaired) electrons. The molecule has 1 aliphatic carbocycles. The minimum atomic E-state index is -0.349. The van der Waals surface area contributed by atoms with E-state index in [4.69, 9.17) is 9.47 Å². The Morgan fingerprint density at radius 3 is 2.24 bits per heavy atom. The largest absolute Gasteiger partial charge is 0.462 e. The van der Waals surface area contributed by atoms with Crippen molar-refractivity contribution in [3.63, 3.8) is 0 Å². The van der Waals surface area contributed by atoms with Crippen LogP contribution in [0.4, 0.5) is 0 Å². The summed E-state index contributed by atoms with van der Waals surface area (Å²) in [6.07, 6.45) is 16.4. The topological polar surface area (TPSA) is 65.5 Å². The smallest absolute Gasteiger partial charge is 0.339 e. The van der Waals surface area contributed by atoms with Crippen LogP contribution in [-0.4, -0.2) is 23.5 Å². The van der Waals surface area contributed by atoms with E-state index < -0.39 is 0 Å². The molecular formula is C33H43NO4. The Labute approximate surface area is 228 Å². The number of rotatable bonds is 13. The van der Waals surface area contributed by atoms with Gasteiger partial charge in [0.1, 0.15) is 11.4 Å². The minimum Gasteiger partial charge on any atom is -0.462 e. The molecule has 0 saturated heterocycles. The van der Waals surface area contributed by atoms with Crippen LogP contribution in [0.1, 0.15) is 119 Å². The third-order valence-electron chi connectivity index (χ3n) is 7.28. The molecule has 0 spiro atoms. The van der Waals surface area contributed by atoms with E-state index in [1.165, 1.54) is 51.1 Å². The summed E-state index contributed by atoms with van der Waals surface area (Å²) in [4.78, 5) is 29.1. The first-order valence-corrected chi connectivity index (χ1v) is 14.6. The molecule has 0 amide bonds. The van der Waals surface area contributed by atoms with Gasteiger partial charge in [0.05, 0.1) is 18.1 Å². The van der Waals surface area contributed by atoms with Crippen molar-refractivity contribution in [2.24, 2.45) is 11.8 Å². The van der Waals surface area contributed by atoms with Crippen molar-refractivity contribution in [3.05, 3.63) is 59.4 Å². The summed E-state index contributed by atoms with van der Waals surface area (Å²) in [6.45, 7) is 4.85. The average Bonchev–Trinajstić information content (AvgIpc) is 2.95. The maximum Gasteiger partial charge on any atom is 0.339 e. The van der Waals surface area contributed by atoms with Crippen LogP contribution in [0.15, 0.2) is 42.6 Å². The summed E-state index contributed by atoms with van der Waals surface area (Å²) >= 11 is 0. The third-order valence-corrected chi connectivity index (χ3v) is 7.28. The van der Waals surface area contributed by atoms with Crippen LogP contribution in [0.25, 0.3) is 0 Å². The molecule has 1 aliphatic rings. The number of pyridine rings is 1. The second-order valence-corrected chi connectivity index (χ2v) is 10.4. The zero-order valence-corrected chi connectivity index (χ0v) is 23.2. The highest BCUT2D eigenvalue weighted by Crippen LogP contribution is 2.33. The maximum atomic E-state index is 12.6. The predicted octanol–water partition coefficient (Wildman–Crippen LogP) is 7.90. The molecule has 3 rings (SSSR count). The van der Waals surface area contributed by atoms with Crippen molar-refractivity contribution in [3.8, 4) is 17.6 Å². The van der Waals surface area contributed by atoms with Gasteiger partial charge in [-0.1, -0.05) is 71.1 Å². The number of carbonyl (C=O) groups excluding carboxylic acids is 2. The van der Waals surface area contributed by atoms with Crippen LogP contribution in [0.5, 0.6) is 5.75 Å². The van der Waals surface area contributed by atoms with E-state index >= 15 is 0 Å². The third kappa shape index (κ3) is 10.3. The molecule has 5 heteroatoms. The van der Waals surface area contributed by atoms with Gasteiger partial charge in [-0.25, -0.2) is 9.78 Å². The molecule has 0 aliphatic heterocycles. The fourth-order valence-electron chi connectivity index (χ4n) is 4.85. The number of hydrogen-bond donors (Lipinski definition) is 0. The summed E-state index contributed by atoms with van der Waals surface area (Å²) < 4.78 is 11.0. The normalized spacial score (nSPS) is 16.8. The summed E-state index contributed by atoms with van der Waals surface area (Å²) in [5.74, 6) is 6.95. The van der Waals surface area contributed by atoms with Gasteiger partial charge in [-0.05, 0) is 80.3 Å². The minimum absolute atomic E-state index is 0.00835. The molecule has 0 atom stereocenters. The number of unbranched alkanes of at least 4 members (excludes halogenated alkanes) is 6. The molecular weight excluding hydrogens is 474 g/mol. The monoisotopic (exact) mass is 517 g/mol. The number of ether oxygens (including phenoxy) is 2. The molecule has 2 aromatic rings. The lowest BCUT2D eigenvalue weighted by Gasteiger charge is -2.27. The van der Waals surface area contributed by atoms with Crippen molar-refractivity contribution >= 4 is 11.9 Å². The van der Waals surface area contributed by atoms with Crippen LogP contribution in [0, 0.1) is 23.7 Å². The number of benzene rings is 1. The van der Waals surface area contributed by atoms with Crippen molar-refractivity contribution in [2.75, 3.05) is 6.61 Å². The summed E-state index contributed by atoms with van der Waals surface area (Å²) in [6, 6.07) is 10.7. The first-order valence-electron chi connectivity index (χ1n) is 14.6.